The molecule has 6 nitrogen and oxygen atoms in total. The molecule has 214 valence electrons. The zero-order valence-corrected chi connectivity index (χ0v) is 25.4. The fraction of sp³-hybridized carbons (Fsp3) is 0.0882. The Morgan fingerprint density at radius 1 is 1.02 bits per heavy atom. The average molecular weight is 655 g/mol. The van der Waals surface area contributed by atoms with E-state index in [1.54, 1.807) is 37.3 Å². The van der Waals surface area contributed by atoms with Crippen LogP contribution >= 0.6 is 27.3 Å². The Balaban J connectivity index is 1.45. The molecule has 0 aliphatic carbocycles. The number of amides is 1. The second kappa shape index (κ2) is 12.3. The number of thiazole rings is 1. The molecule has 1 aromatic heterocycles. The van der Waals surface area contributed by atoms with Gasteiger partial charge in [0.2, 0.25) is 0 Å². The highest BCUT2D eigenvalue weighted by Crippen LogP contribution is 2.31. The van der Waals surface area contributed by atoms with E-state index >= 15 is 0 Å². The molecule has 0 unspecified atom stereocenters. The van der Waals surface area contributed by atoms with E-state index in [1.807, 2.05) is 66.7 Å². The number of allylic oxidation sites excluding steroid dienone is 1. The predicted octanol–water partition coefficient (Wildman–Crippen LogP) is 6.35. The van der Waals surface area contributed by atoms with E-state index in [1.165, 1.54) is 28.0 Å². The van der Waals surface area contributed by atoms with Crippen LogP contribution in [-0.2, 0) is 11.4 Å². The molecule has 0 fully saturated rings. The molecule has 0 bridgehead atoms. The van der Waals surface area contributed by atoms with E-state index in [0.717, 1.165) is 10.0 Å². The normalized spacial score (nSPS) is 14.7. The van der Waals surface area contributed by atoms with Crippen LogP contribution in [0.2, 0.25) is 0 Å². The van der Waals surface area contributed by atoms with Gasteiger partial charge < -0.3 is 10.1 Å². The highest BCUT2D eigenvalue weighted by Gasteiger charge is 2.32. The number of halogens is 2. The summed E-state index contributed by atoms with van der Waals surface area (Å²) in [5.41, 5.74) is 3.41. The minimum absolute atomic E-state index is 0.309. The van der Waals surface area contributed by atoms with Gasteiger partial charge in [-0.3, -0.25) is 14.2 Å². The van der Waals surface area contributed by atoms with Gasteiger partial charge in [-0.1, -0.05) is 87.9 Å². The first-order chi connectivity index (χ1) is 20.9. The number of aromatic nitrogens is 1. The number of nitrogens with one attached hydrogen (secondary N) is 1. The average Bonchev–Trinajstić information content (AvgIpc) is 3.31. The van der Waals surface area contributed by atoms with Crippen molar-refractivity contribution in [2.24, 2.45) is 4.99 Å². The summed E-state index contributed by atoms with van der Waals surface area (Å²) >= 11 is 4.76. The number of ether oxygens (including phenoxy) is 1. The van der Waals surface area contributed by atoms with Crippen molar-refractivity contribution in [3.05, 3.63) is 161 Å². The third-order valence-electron chi connectivity index (χ3n) is 6.98. The number of carbonyl (C=O) groups excluding carboxylic acids is 1. The summed E-state index contributed by atoms with van der Waals surface area (Å²) in [6.07, 6.45) is 1.78. The fourth-order valence-electron chi connectivity index (χ4n) is 4.93. The molecule has 1 aliphatic heterocycles. The smallest absolute Gasteiger partial charge is 0.271 e. The van der Waals surface area contributed by atoms with Crippen LogP contribution in [0.1, 0.15) is 29.7 Å². The van der Waals surface area contributed by atoms with Gasteiger partial charge in [-0.05, 0) is 66.6 Å². The van der Waals surface area contributed by atoms with Crippen molar-refractivity contribution in [2.45, 2.75) is 19.6 Å². The lowest BCUT2D eigenvalue weighted by atomic mass is 9.95. The van der Waals surface area contributed by atoms with Crippen LogP contribution in [0.5, 0.6) is 5.75 Å². The summed E-state index contributed by atoms with van der Waals surface area (Å²) in [5.74, 6) is -0.184. The molecule has 0 saturated carbocycles. The molecule has 5 aromatic rings. The molecule has 9 heteroatoms. The van der Waals surface area contributed by atoms with Crippen LogP contribution in [0.25, 0.3) is 6.08 Å². The maximum absolute atomic E-state index is 14.1. The summed E-state index contributed by atoms with van der Waals surface area (Å²) in [4.78, 5) is 32.9. The van der Waals surface area contributed by atoms with Gasteiger partial charge in [0.15, 0.2) is 4.80 Å². The molecule has 6 rings (SSSR count). The van der Waals surface area contributed by atoms with Crippen molar-refractivity contribution in [3.8, 4) is 5.75 Å². The van der Waals surface area contributed by atoms with E-state index in [2.05, 4.69) is 26.2 Å². The maximum atomic E-state index is 14.1. The lowest BCUT2D eigenvalue weighted by molar-refractivity contribution is -0.113. The summed E-state index contributed by atoms with van der Waals surface area (Å²) in [7, 11) is 0. The Labute approximate surface area is 259 Å². The zero-order valence-electron chi connectivity index (χ0n) is 23.0. The van der Waals surface area contributed by atoms with Crippen molar-refractivity contribution < 1.29 is 13.9 Å². The van der Waals surface area contributed by atoms with Crippen molar-refractivity contribution in [2.75, 3.05) is 5.32 Å². The van der Waals surface area contributed by atoms with Gasteiger partial charge >= 0.3 is 0 Å². The second-order valence-electron chi connectivity index (χ2n) is 9.91. The molecular weight excluding hydrogens is 629 g/mol. The van der Waals surface area contributed by atoms with Crippen LogP contribution in [0.3, 0.4) is 0 Å². The fourth-order valence-corrected chi connectivity index (χ4v) is 6.35. The first kappa shape index (κ1) is 28.5. The molecule has 1 atom stereocenters. The number of hydrogen-bond donors (Lipinski definition) is 1. The summed E-state index contributed by atoms with van der Waals surface area (Å²) < 4.78 is 22.8. The van der Waals surface area contributed by atoms with Gasteiger partial charge in [0.25, 0.3) is 11.5 Å². The zero-order chi connectivity index (χ0) is 29.9. The van der Waals surface area contributed by atoms with Gasteiger partial charge in [0, 0.05) is 15.7 Å². The minimum atomic E-state index is -0.806. The number of para-hydroxylation sites is 1. The van der Waals surface area contributed by atoms with E-state index in [9.17, 15) is 14.0 Å². The van der Waals surface area contributed by atoms with Gasteiger partial charge in [0.05, 0.1) is 21.8 Å². The number of anilines is 1. The summed E-state index contributed by atoms with van der Waals surface area (Å²) in [6, 6.07) is 29.6. The van der Waals surface area contributed by atoms with Crippen molar-refractivity contribution in [1.82, 2.24) is 4.57 Å². The SMILES string of the molecule is CC1=C(C(=O)Nc2ccccc2)[C@@H](c2ccc(F)cc2)n2c(s/c(=C\c3cc(Br)ccc3OCc3ccccc3)c2=O)=N1. The van der Waals surface area contributed by atoms with Crippen LogP contribution in [0.15, 0.2) is 129 Å². The largest absolute Gasteiger partial charge is 0.488 e. The maximum Gasteiger partial charge on any atom is 0.271 e. The number of rotatable bonds is 7. The first-order valence-corrected chi connectivity index (χ1v) is 15.1. The Morgan fingerprint density at radius 2 is 1.72 bits per heavy atom. The van der Waals surface area contributed by atoms with E-state index in [-0.39, 0.29) is 11.5 Å². The molecule has 0 saturated heterocycles. The minimum Gasteiger partial charge on any atom is -0.488 e. The second-order valence-corrected chi connectivity index (χ2v) is 11.8. The Hall–Kier alpha value is -4.60. The Bertz CT molecular complexity index is 2020. The molecule has 1 aliphatic rings. The molecule has 1 N–H and O–H groups in total. The number of fused-ring (bicyclic) bond motifs is 1. The van der Waals surface area contributed by atoms with Crippen molar-refractivity contribution in [3.63, 3.8) is 0 Å². The topological polar surface area (TPSA) is 72.7 Å². The number of carbonyl (C=O) groups is 1. The van der Waals surface area contributed by atoms with Gasteiger partial charge in [-0.15, -0.1) is 0 Å². The molecule has 43 heavy (non-hydrogen) atoms. The van der Waals surface area contributed by atoms with Crippen LogP contribution < -0.4 is 24.9 Å². The van der Waals surface area contributed by atoms with Gasteiger partial charge in [-0.25, -0.2) is 9.38 Å². The van der Waals surface area contributed by atoms with Crippen LogP contribution in [0, 0.1) is 5.82 Å². The van der Waals surface area contributed by atoms with Crippen LogP contribution in [0.4, 0.5) is 10.1 Å². The van der Waals surface area contributed by atoms with Crippen LogP contribution in [-0.4, -0.2) is 10.5 Å². The van der Waals surface area contributed by atoms with E-state index < -0.39 is 11.9 Å². The monoisotopic (exact) mass is 653 g/mol. The number of hydrogen-bond acceptors (Lipinski definition) is 5. The molecule has 1 amide bonds. The molecule has 0 spiro atoms. The van der Waals surface area contributed by atoms with E-state index in [0.29, 0.717) is 49.8 Å². The van der Waals surface area contributed by atoms with Crippen molar-refractivity contribution >= 4 is 44.9 Å². The van der Waals surface area contributed by atoms with Gasteiger partial charge in [0.1, 0.15) is 18.2 Å². The summed E-state index contributed by atoms with van der Waals surface area (Å²) in [5, 5.41) is 2.92. The third kappa shape index (κ3) is 6.14. The third-order valence-corrected chi connectivity index (χ3v) is 8.46. The Morgan fingerprint density at radius 3 is 2.44 bits per heavy atom. The number of nitrogens with zero attached hydrogens (tertiary/aromatic N) is 2. The standard InChI is InChI=1S/C34H25BrFN3O3S/c1-21-30(32(40)38-27-10-6-3-7-11-27)31(23-12-15-26(36)16-13-23)39-33(41)29(43-34(39)37-21)19-24-18-25(35)14-17-28(24)42-20-22-8-4-2-5-9-22/h2-19,31H,20H2,1H3,(H,38,40)/b29-19-/t31-/m1/s1. The highest BCUT2D eigenvalue weighted by molar-refractivity contribution is 9.10. The Kier molecular flexibility index (Phi) is 8.18. The highest BCUT2D eigenvalue weighted by atomic mass is 79.9. The molecule has 2 heterocycles. The molecule has 0 radical (unpaired) electrons. The first-order valence-electron chi connectivity index (χ1n) is 13.5. The summed E-state index contributed by atoms with van der Waals surface area (Å²) in [6.45, 7) is 2.12. The van der Waals surface area contributed by atoms with Gasteiger partial charge in [-0.2, -0.15) is 0 Å². The lowest BCUT2D eigenvalue weighted by Crippen LogP contribution is -2.40. The molecular formula is C34H25BrFN3O3S. The molecule has 4 aromatic carbocycles. The number of benzene rings is 4. The predicted molar refractivity (Wildman–Crippen MR) is 170 cm³/mol. The quantitative estimate of drug-likeness (QED) is 0.222. The van der Waals surface area contributed by atoms with E-state index in [4.69, 9.17) is 4.74 Å². The van der Waals surface area contributed by atoms with Crippen molar-refractivity contribution in [1.29, 1.82) is 0 Å². The lowest BCUT2D eigenvalue weighted by Gasteiger charge is -2.25.